The number of methoxy groups -OCH3 is 4. The van der Waals surface area contributed by atoms with E-state index >= 15 is 0 Å². The van der Waals surface area contributed by atoms with Gasteiger partial charge in [0.15, 0.2) is 6.29 Å². The molecule has 0 unspecified atom stereocenters. The third kappa shape index (κ3) is 2.71. The van der Waals surface area contributed by atoms with E-state index in [-0.39, 0.29) is 18.3 Å². The lowest BCUT2D eigenvalue weighted by Crippen LogP contribution is -2.60. The van der Waals surface area contributed by atoms with Gasteiger partial charge in [-0.3, -0.25) is 0 Å². The summed E-state index contributed by atoms with van der Waals surface area (Å²) in [6, 6.07) is 0. The number of hydrogen-bond donors (Lipinski definition) is 1. The fraction of sp³-hybridized carbons (Fsp3) is 1.00. The molecule has 6 nitrogen and oxygen atoms in total. The molecule has 0 aromatic heterocycles. The molecule has 5 atom stereocenters. The molecule has 1 N–H and O–H groups in total. The van der Waals surface area contributed by atoms with Gasteiger partial charge < -0.3 is 28.8 Å². The fourth-order valence-electron chi connectivity index (χ4n) is 2.00. The molecule has 0 aromatic carbocycles. The summed E-state index contributed by atoms with van der Waals surface area (Å²) in [4.78, 5) is 0. The van der Waals surface area contributed by atoms with Crippen molar-refractivity contribution in [2.75, 3.05) is 35.0 Å². The van der Waals surface area contributed by atoms with Crippen LogP contribution in [0.4, 0.5) is 0 Å². The molecule has 1 aliphatic heterocycles. The van der Waals surface area contributed by atoms with Crippen LogP contribution in [0, 0.1) is 0 Å². The molecule has 0 saturated carbocycles. The van der Waals surface area contributed by atoms with Gasteiger partial charge in [-0.15, -0.1) is 0 Å². The lowest BCUT2D eigenvalue weighted by atomic mass is 9.98. The average molecular weight is 236 g/mol. The van der Waals surface area contributed by atoms with E-state index in [4.69, 9.17) is 23.7 Å². The summed E-state index contributed by atoms with van der Waals surface area (Å²) in [6.07, 6.45) is -2.71. The number of ether oxygens (including phenoxy) is 5. The van der Waals surface area contributed by atoms with Gasteiger partial charge in [-0.2, -0.15) is 0 Å². The van der Waals surface area contributed by atoms with Crippen LogP contribution >= 0.6 is 0 Å². The van der Waals surface area contributed by atoms with Gasteiger partial charge in [0.1, 0.15) is 24.4 Å². The van der Waals surface area contributed by atoms with Crippen LogP contribution in [0.5, 0.6) is 0 Å². The Bertz CT molecular complexity index is 200. The van der Waals surface area contributed by atoms with Gasteiger partial charge in [0.05, 0.1) is 6.61 Å². The Balaban J connectivity index is 2.78. The first kappa shape index (κ1) is 13.8. The lowest BCUT2D eigenvalue weighted by molar-refractivity contribution is -0.300. The third-order valence-corrected chi connectivity index (χ3v) is 2.76. The van der Waals surface area contributed by atoms with Crippen LogP contribution in [-0.4, -0.2) is 70.9 Å². The van der Waals surface area contributed by atoms with Gasteiger partial charge in [0, 0.05) is 28.4 Å². The van der Waals surface area contributed by atoms with Gasteiger partial charge >= 0.3 is 0 Å². The zero-order valence-corrected chi connectivity index (χ0v) is 10.1. The van der Waals surface area contributed by atoms with Crippen LogP contribution in [0.15, 0.2) is 0 Å². The summed E-state index contributed by atoms with van der Waals surface area (Å²) in [6.45, 7) is 0.325. The predicted octanol–water partition coefficient (Wildman–Crippen LogP) is -0.605. The van der Waals surface area contributed by atoms with Crippen LogP contribution in [0.25, 0.3) is 0 Å². The zero-order valence-electron chi connectivity index (χ0n) is 10.1. The van der Waals surface area contributed by atoms with E-state index in [0.717, 1.165) is 0 Å². The third-order valence-electron chi connectivity index (χ3n) is 2.76. The monoisotopic (exact) mass is 236 g/mol. The minimum atomic E-state index is -1.04. The van der Waals surface area contributed by atoms with Crippen LogP contribution in [0.2, 0.25) is 0 Å². The van der Waals surface area contributed by atoms with E-state index in [9.17, 15) is 5.11 Å². The number of aliphatic hydroxyl groups is 1. The molecular formula is C10H20O6. The molecule has 0 bridgehead atoms. The Morgan fingerprint density at radius 2 is 1.50 bits per heavy atom. The fourth-order valence-corrected chi connectivity index (χ4v) is 2.00. The highest BCUT2D eigenvalue weighted by Crippen LogP contribution is 2.25. The van der Waals surface area contributed by atoms with Gasteiger partial charge in [0.2, 0.25) is 0 Å². The first-order valence-corrected chi connectivity index (χ1v) is 5.10. The number of aliphatic hydroxyl groups excluding tert-OH is 1. The van der Waals surface area contributed by atoms with Crippen molar-refractivity contribution < 1.29 is 28.8 Å². The van der Waals surface area contributed by atoms with Gasteiger partial charge in [-0.05, 0) is 0 Å². The molecule has 96 valence electrons. The van der Waals surface area contributed by atoms with E-state index in [1.807, 2.05) is 0 Å². The van der Waals surface area contributed by atoms with Crippen LogP contribution in [0.3, 0.4) is 0 Å². The average Bonchev–Trinajstić information content (AvgIpc) is 2.28. The Hall–Kier alpha value is -0.240. The van der Waals surface area contributed by atoms with E-state index in [1.165, 1.54) is 7.11 Å². The van der Waals surface area contributed by atoms with Crippen LogP contribution < -0.4 is 0 Å². The number of rotatable bonds is 5. The molecule has 16 heavy (non-hydrogen) atoms. The molecule has 6 heteroatoms. The summed E-state index contributed by atoms with van der Waals surface area (Å²) in [7, 11) is 6.16. The molecular weight excluding hydrogens is 216 g/mol. The summed E-state index contributed by atoms with van der Waals surface area (Å²) in [5, 5.41) is 9.74. The first-order valence-electron chi connectivity index (χ1n) is 5.10. The molecule has 1 rings (SSSR count). The largest absolute Gasteiger partial charge is 0.382 e. The minimum absolute atomic E-state index is 0.325. The maximum absolute atomic E-state index is 9.74. The maximum atomic E-state index is 9.74. The second kappa shape index (κ2) is 6.48. The molecule has 0 amide bonds. The SMILES string of the molecule is COC[C@H]1O[C@@H](O)[C@@H](OC)[C@@H](OC)[C@H]1OC. The molecule has 1 aliphatic rings. The first-order chi connectivity index (χ1) is 7.69. The molecule has 0 radical (unpaired) electrons. The van der Waals surface area contributed by atoms with Crippen LogP contribution in [-0.2, 0) is 23.7 Å². The quantitative estimate of drug-likeness (QED) is 0.687. The van der Waals surface area contributed by atoms with E-state index in [2.05, 4.69) is 0 Å². The minimum Gasteiger partial charge on any atom is -0.382 e. The van der Waals surface area contributed by atoms with Crippen molar-refractivity contribution in [1.29, 1.82) is 0 Å². The molecule has 0 spiro atoms. The van der Waals surface area contributed by atoms with E-state index in [1.54, 1.807) is 21.3 Å². The standard InChI is InChI=1S/C10H20O6/c1-12-5-6-7(13-2)8(14-3)9(15-4)10(11)16-6/h6-11H,5H2,1-4H3/t6-,7+,8+,9+,10-/m1/s1. The predicted molar refractivity (Wildman–Crippen MR) is 55.1 cm³/mol. The van der Waals surface area contributed by atoms with Crippen molar-refractivity contribution in [2.45, 2.75) is 30.7 Å². The van der Waals surface area contributed by atoms with Crippen molar-refractivity contribution in [1.82, 2.24) is 0 Å². The molecule has 1 fully saturated rings. The summed E-state index contributed by atoms with van der Waals surface area (Å²) in [5.41, 5.74) is 0. The smallest absolute Gasteiger partial charge is 0.184 e. The molecule has 1 heterocycles. The van der Waals surface area contributed by atoms with Gasteiger partial charge in [0.25, 0.3) is 0 Å². The van der Waals surface area contributed by atoms with Gasteiger partial charge in [-0.1, -0.05) is 0 Å². The Kier molecular flexibility index (Phi) is 5.60. The lowest BCUT2D eigenvalue weighted by Gasteiger charge is -2.42. The molecule has 0 aromatic rings. The number of hydrogen-bond acceptors (Lipinski definition) is 6. The highest BCUT2D eigenvalue weighted by molar-refractivity contribution is 4.91. The van der Waals surface area contributed by atoms with Crippen molar-refractivity contribution >= 4 is 0 Å². The Labute approximate surface area is 95.4 Å². The van der Waals surface area contributed by atoms with Gasteiger partial charge in [-0.25, -0.2) is 0 Å². The highest BCUT2D eigenvalue weighted by Gasteiger charge is 2.46. The summed E-state index contributed by atoms with van der Waals surface area (Å²) < 4.78 is 26.1. The van der Waals surface area contributed by atoms with Crippen LogP contribution in [0.1, 0.15) is 0 Å². The molecule has 0 aliphatic carbocycles. The topological polar surface area (TPSA) is 66.4 Å². The van der Waals surface area contributed by atoms with Crippen molar-refractivity contribution in [2.24, 2.45) is 0 Å². The Morgan fingerprint density at radius 3 is 1.94 bits per heavy atom. The molecule has 1 saturated heterocycles. The maximum Gasteiger partial charge on any atom is 0.184 e. The van der Waals surface area contributed by atoms with E-state index < -0.39 is 12.4 Å². The van der Waals surface area contributed by atoms with Crippen molar-refractivity contribution in [3.8, 4) is 0 Å². The second-order valence-electron chi connectivity index (χ2n) is 3.62. The van der Waals surface area contributed by atoms with E-state index in [0.29, 0.717) is 6.61 Å². The normalized spacial score (nSPS) is 39.9. The summed E-state index contributed by atoms with van der Waals surface area (Å²) >= 11 is 0. The zero-order chi connectivity index (χ0) is 12.1. The highest BCUT2D eigenvalue weighted by atomic mass is 16.7. The van der Waals surface area contributed by atoms with Crippen molar-refractivity contribution in [3.63, 3.8) is 0 Å². The van der Waals surface area contributed by atoms with Crippen molar-refractivity contribution in [3.05, 3.63) is 0 Å². The summed E-state index contributed by atoms with van der Waals surface area (Å²) in [5.74, 6) is 0. The second-order valence-corrected chi connectivity index (χ2v) is 3.62. The Morgan fingerprint density at radius 1 is 0.938 bits per heavy atom.